The minimum absolute atomic E-state index is 0.649. The molecule has 0 saturated carbocycles. The van der Waals surface area contributed by atoms with Crippen LogP contribution < -0.4 is 10.5 Å². The SMILES string of the molecule is COc1ccc(-n2nc(C)c(CCN)c2C)cc1. The number of nitrogens with zero attached hydrogens (tertiary/aromatic N) is 2. The van der Waals surface area contributed by atoms with E-state index in [0.29, 0.717) is 6.54 Å². The molecule has 4 heteroatoms. The Morgan fingerprint density at radius 1 is 1.22 bits per heavy atom. The molecule has 2 rings (SSSR count). The van der Waals surface area contributed by atoms with E-state index < -0.39 is 0 Å². The number of aryl methyl sites for hydroxylation is 1. The maximum atomic E-state index is 5.63. The summed E-state index contributed by atoms with van der Waals surface area (Å²) in [7, 11) is 1.66. The smallest absolute Gasteiger partial charge is 0.119 e. The molecule has 2 N–H and O–H groups in total. The van der Waals surface area contributed by atoms with Crippen LogP contribution in [0, 0.1) is 13.8 Å². The predicted molar refractivity (Wildman–Crippen MR) is 72.3 cm³/mol. The molecule has 0 aliphatic heterocycles. The van der Waals surface area contributed by atoms with Crippen LogP contribution in [0.1, 0.15) is 17.0 Å². The minimum Gasteiger partial charge on any atom is -0.497 e. The Bertz CT molecular complexity index is 529. The van der Waals surface area contributed by atoms with Crippen LogP contribution in [-0.2, 0) is 6.42 Å². The molecule has 0 radical (unpaired) electrons. The standard InChI is InChI=1S/C14H19N3O/c1-10-14(8-9-15)11(2)17(16-10)12-4-6-13(18-3)7-5-12/h4-7H,8-9,15H2,1-3H3. The Morgan fingerprint density at radius 3 is 2.44 bits per heavy atom. The topological polar surface area (TPSA) is 53.1 Å². The van der Waals surface area contributed by atoms with Gasteiger partial charge in [0.05, 0.1) is 18.5 Å². The molecule has 0 fully saturated rings. The van der Waals surface area contributed by atoms with Crippen molar-refractivity contribution in [3.8, 4) is 11.4 Å². The maximum absolute atomic E-state index is 5.63. The molecule has 4 nitrogen and oxygen atoms in total. The Kier molecular flexibility index (Phi) is 3.67. The number of methoxy groups -OCH3 is 1. The summed E-state index contributed by atoms with van der Waals surface area (Å²) < 4.78 is 7.11. The van der Waals surface area contributed by atoms with Crippen molar-refractivity contribution in [3.05, 3.63) is 41.2 Å². The first-order valence-electron chi connectivity index (χ1n) is 6.07. The highest BCUT2D eigenvalue weighted by Crippen LogP contribution is 2.20. The van der Waals surface area contributed by atoms with Crippen molar-refractivity contribution in [1.82, 2.24) is 9.78 Å². The molecule has 1 heterocycles. The van der Waals surface area contributed by atoms with Gasteiger partial charge >= 0.3 is 0 Å². The highest BCUT2D eigenvalue weighted by Gasteiger charge is 2.11. The van der Waals surface area contributed by atoms with Gasteiger partial charge in [0.1, 0.15) is 5.75 Å². The first-order chi connectivity index (χ1) is 8.67. The second-order valence-corrected chi connectivity index (χ2v) is 4.30. The lowest BCUT2D eigenvalue weighted by atomic mass is 10.1. The van der Waals surface area contributed by atoms with E-state index in [1.165, 1.54) is 5.56 Å². The van der Waals surface area contributed by atoms with Crippen molar-refractivity contribution in [2.75, 3.05) is 13.7 Å². The van der Waals surface area contributed by atoms with Crippen molar-refractivity contribution in [2.24, 2.45) is 5.73 Å². The van der Waals surface area contributed by atoms with Crippen LogP contribution in [0.25, 0.3) is 5.69 Å². The predicted octanol–water partition coefficient (Wildman–Crippen LogP) is 2.00. The molecule has 0 aliphatic carbocycles. The molecule has 1 aromatic carbocycles. The molecule has 2 aromatic rings. The number of ether oxygens (including phenoxy) is 1. The summed E-state index contributed by atoms with van der Waals surface area (Å²) in [6.45, 7) is 4.75. The Labute approximate surface area is 107 Å². The Hall–Kier alpha value is -1.81. The number of hydrogen-bond acceptors (Lipinski definition) is 3. The first kappa shape index (κ1) is 12.6. The lowest BCUT2D eigenvalue weighted by Gasteiger charge is -2.06. The largest absolute Gasteiger partial charge is 0.497 e. The highest BCUT2D eigenvalue weighted by atomic mass is 16.5. The maximum Gasteiger partial charge on any atom is 0.119 e. The highest BCUT2D eigenvalue weighted by molar-refractivity contribution is 5.40. The molecule has 0 amide bonds. The van der Waals surface area contributed by atoms with Gasteiger partial charge in [-0.05, 0) is 56.6 Å². The molecule has 96 valence electrons. The van der Waals surface area contributed by atoms with Crippen molar-refractivity contribution >= 4 is 0 Å². The summed E-state index contributed by atoms with van der Waals surface area (Å²) >= 11 is 0. The van der Waals surface area contributed by atoms with Crippen molar-refractivity contribution in [3.63, 3.8) is 0 Å². The molecule has 0 unspecified atom stereocenters. The summed E-state index contributed by atoms with van der Waals surface area (Å²) in [5.41, 5.74) is 10.1. The van der Waals surface area contributed by atoms with Crippen LogP contribution in [0.15, 0.2) is 24.3 Å². The fourth-order valence-corrected chi connectivity index (χ4v) is 2.16. The number of rotatable bonds is 4. The van der Waals surface area contributed by atoms with E-state index in [1.807, 2.05) is 35.9 Å². The first-order valence-corrected chi connectivity index (χ1v) is 6.07. The fraction of sp³-hybridized carbons (Fsp3) is 0.357. The summed E-state index contributed by atoms with van der Waals surface area (Å²) in [5, 5.41) is 4.57. The van der Waals surface area contributed by atoms with Crippen LogP contribution in [0.2, 0.25) is 0 Å². The van der Waals surface area contributed by atoms with Gasteiger partial charge in [-0.2, -0.15) is 5.10 Å². The molecule has 0 saturated heterocycles. The second kappa shape index (κ2) is 5.23. The van der Waals surface area contributed by atoms with Gasteiger partial charge < -0.3 is 10.5 Å². The molecular weight excluding hydrogens is 226 g/mol. The van der Waals surface area contributed by atoms with Gasteiger partial charge in [-0.15, -0.1) is 0 Å². The van der Waals surface area contributed by atoms with E-state index in [2.05, 4.69) is 12.0 Å². The van der Waals surface area contributed by atoms with Crippen molar-refractivity contribution in [1.29, 1.82) is 0 Å². The zero-order valence-corrected chi connectivity index (χ0v) is 11.1. The monoisotopic (exact) mass is 245 g/mol. The van der Waals surface area contributed by atoms with Gasteiger partial charge in [0, 0.05) is 5.69 Å². The van der Waals surface area contributed by atoms with Gasteiger partial charge in [0.25, 0.3) is 0 Å². The van der Waals surface area contributed by atoms with Crippen molar-refractivity contribution < 1.29 is 4.74 Å². The van der Waals surface area contributed by atoms with E-state index in [1.54, 1.807) is 7.11 Å². The van der Waals surface area contributed by atoms with E-state index in [0.717, 1.165) is 29.2 Å². The average Bonchev–Trinajstić information content (AvgIpc) is 2.67. The zero-order valence-electron chi connectivity index (χ0n) is 11.1. The van der Waals surface area contributed by atoms with E-state index in [-0.39, 0.29) is 0 Å². The van der Waals surface area contributed by atoms with Crippen molar-refractivity contribution in [2.45, 2.75) is 20.3 Å². The van der Waals surface area contributed by atoms with Gasteiger partial charge in [-0.1, -0.05) is 0 Å². The molecule has 1 aromatic heterocycles. The average molecular weight is 245 g/mol. The van der Waals surface area contributed by atoms with Gasteiger partial charge in [0.2, 0.25) is 0 Å². The second-order valence-electron chi connectivity index (χ2n) is 4.30. The summed E-state index contributed by atoms with van der Waals surface area (Å²) in [6.07, 6.45) is 0.869. The third-order valence-corrected chi connectivity index (χ3v) is 3.15. The molecule has 0 atom stereocenters. The van der Waals surface area contributed by atoms with E-state index in [4.69, 9.17) is 10.5 Å². The van der Waals surface area contributed by atoms with E-state index >= 15 is 0 Å². The lowest BCUT2D eigenvalue weighted by molar-refractivity contribution is 0.414. The molecule has 0 spiro atoms. The van der Waals surface area contributed by atoms with E-state index in [9.17, 15) is 0 Å². The molecular formula is C14H19N3O. The van der Waals surface area contributed by atoms with Crippen LogP contribution in [0.5, 0.6) is 5.75 Å². The van der Waals surface area contributed by atoms with Gasteiger partial charge in [-0.3, -0.25) is 0 Å². The third-order valence-electron chi connectivity index (χ3n) is 3.15. The third kappa shape index (κ3) is 2.24. The zero-order chi connectivity index (χ0) is 13.1. The summed E-state index contributed by atoms with van der Waals surface area (Å²) in [5.74, 6) is 0.850. The van der Waals surface area contributed by atoms with Crippen LogP contribution in [-0.4, -0.2) is 23.4 Å². The molecule has 18 heavy (non-hydrogen) atoms. The number of hydrogen-bond donors (Lipinski definition) is 1. The number of benzene rings is 1. The van der Waals surface area contributed by atoms with Crippen LogP contribution in [0.3, 0.4) is 0 Å². The van der Waals surface area contributed by atoms with Gasteiger partial charge in [-0.25, -0.2) is 4.68 Å². The lowest BCUT2D eigenvalue weighted by Crippen LogP contribution is -2.05. The summed E-state index contributed by atoms with van der Waals surface area (Å²) in [4.78, 5) is 0. The quantitative estimate of drug-likeness (QED) is 0.896. The van der Waals surface area contributed by atoms with Gasteiger partial charge in [0.15, 0.2) is 0 Å². The fourth-order valence-electron chi connectivity index (χ4n) is 2.16. The summed E-state index contributed by atoms with van der Waals surface area (Å²) in [6, 6.07) is 7.89. The van der Waals surface area contributed by atoms with Crippen LogP contribution in [0.4, 0.5) is 0 Å². The minimum atomic E-state index is 0.649. The van der Waals surface area contributed by atoms with Crippen LogP contribution >= 0.6 is 0 Å². The molecule has 0 aliphatic rings. The Morgan fingerprint density at radius 2 is 1.89 bits per heavy atom. The number of aromatic nitrogens is 2. The molecule has 0 bridgehead atoms. The Balaban J connectivity index is 2.40. The number of nitrogens with two attached hydrogens (primary N) is 1. The normalized spacial score (nSPS) is 10.7.